The second kappa shape index (κ2) is 13.2. The van der Waals surface area contributed by atoms with E-state index in [0.29, 0.717) is 5.71 Å². The SMILES string of the molecule is [2H]C(C)(C)c1ccnc(-c2[c-]ccc3c2oc2nc(-c4c(C)cccc4C)ccc23)c1.[Ir].[c-]1ccccc1-c1ccccn1. The number of nitrogens with zero attached hydrogens (tertiary/aromatic N) is 3. The number of hydrogen-bond acceptors (Lipinski definition) is 4. The van der Waals surface area contributed by atoms with Crippen LogP contribution < -0.4 is 0 Å². The molecule has 0 aliphatic rings. The minimum absolute atomic E-state index is 0. The standard InChI is InChI=1S/C27H23N2O.C11H8N.Ir/c1-16(2)19-13-14-28-24(15-19)22-10-6-9-20-21-11-12-23(29-27(21)30-26(20)22)25-17(3)7-5-8-18(25)4;1-2-6-10(7-3-1)11-8-4-5-9-12-11;/h5-9,11-16H,1-4H3;1-6,8-9H;/q2*-1;/i16D;;. The summed E-state index contributed by atoms with van der Waals surface area (Å²) in [6, 6.07) is 38.2. The second-order valence-electron chi connectivity index (χ2n) is 10.4. The van der Waals surface area contributed by atoms with Gasteiger partial charge in [-0.25, -0.2) is 4.98 Å². The van der Waals surface area contributed by atoms with Crippen molar-refractivity contribution in [2.75, 3.05) is 0 Å². The molecule has 0 atom stereocenters. The van der Waals surface area contributed by atoms with Gasteiger partial charge >= 0.3 is 0 Å². The van der Waals surface area contributed by atoms with Crippen molar-refractivity contribution >= 4 is 22.1 Å². The van der Waals surface area contributed by atoms with Crippen molar-refractivity contribution in [3.8, 4) is 33.8 Å². The maximum Gasteiger partial charge on any atom is 0.216 e. The zero-order valence-electron chi connectivity index (χ0n) is 25.5. The van der Waals surface area contributed by atoms with E-state index in [1.165, 1.54) is 11.1 Å². The van der Waals surface area contributed by atoms with Crippen LogP contribution in [0.2, 0.25) is 0 Å². The van der Waals surface area contributed by atoms with Gasteiger partial charge in [0.15, 0.2) is 0 Å². The molecule has 5 heteroatoms. The number of benzene rings is 3. The van der Waals surface area contributed by atoms with Crippen LogP contribution in [0.3, 0.4) is 0 Å². The Morgan fingerprint density at radius 1 is 0.721 bits per heavy atom. The van der Waals surface area contributed by atoms with Crippen LogP contribution in [0.1, 0.15) is 37.8 Å². The Kier molecular flexibility index (Phi) is 8.83. The average molecular weight is 739 g/mol. The number of aromatic nitrogens is 3. The predicted octanol–water partition coefficient (Wildman–Crippen LogP) is 9.80. The van der Waals surface area contributed by atoms with Crippen molar-refractivity contribution in [2.45, 2.75) is 33.6 Å². The van der Waals surface area contributed by atoms with Crippen LogP contribution >= 0.6 is 0 Å². The van der Waals surface area contributed by atoms with E-state index in [0.717, 1.165) is 55.7 Å². The molecule has 0 spiro atoms. The third kappa shape index (κ3) is 6.34. The Morgan fingerprint density at radius 2 is 1.51 bits per heavy atom. The zero-order valence-corrected chi connectivity index (χ0v) is 26.9. The molecule has 43 heavy (non-hydrogen) atoms. The van der Waals surface area contributed by atoms with Crippen LogP contribution in [0.15, 0.2) is 114 Å². The summed E-state index contributed by atoms with van der Waals surface area (Å²) in [5.74, 6) is -0.707. The summed E-state index contributed by atoms with van der Waals surface area (Å²) in [7, 11) is 0. The normalized spacial score (nSPS) is 11.4. The molecule has 0 aliphatic carbocycles. The largest absolute Gasteiger partial charge is 0.486 e. The molecule has 7 aromatic rings. The molecule has 0 unspecified atom stereocenters. The summed E-state index contributed by atoms with van der Waals surface area (Å²) in [4.78, 5) is 13.6. The van der Waals surface area contributed by atoms with Crippen molar-refractivity contribution in [1.82, 2.24) is 15.0 Å². The molecule has 4 nitrogen and oxygen atoms in total. The molecular formula is C38H31IrN3O-2. The molecular weight excluding hydrogens is 707 g/mol. The molecule has 0 aliphatic heterocycles. The van der Waals surface area contributed by atoms with Gasteiger partial charge in [-0.05, 0) is 66.5 Å². The first kappa shape index (κ1) is 28.7. The van der Waals surface area contributed by atoms with Gasteiger partial charge in [-0.15, -0.1) is 54.1 Å². The number of rotatable bonds is 4. The van der Waals surface area contributed by atoms with Gasteiger partial charge in [-0.1, -0.05) is 66.8 Å². The number of hydrogen-bond donors (Lipinski definition) is 0. The molecule has 4 aromatic heterocycles. The molecule has 0 saturated heterocycles. The molecule has 0 saturated carbocycles. The molecule has 0 amide bonds. The van der Waals surface area contributed by atoms with Crippen LogP contribution in [0.25, 0.3) is 55.8 Å². The fraction of sp³-hybridized carbons (Fsp3) is 0.132. The third-order valence-corrected chi connectivity index (χ3v) is 7.28. The molecule has 7 rings (SSSR count). The molecule has 1 radical (unpaired) electrons. The smallest absolute Gasteiger partial charge is 0.216 e. The van der Waals surface area contributed by atoms with Crippen LogP contribution in [0.4, 0.5) is 0 Å². The van der Waals surface area contributed by atoms with Crippen molar-refractivity contribution in [3.05, 3.63) is 138 Å². The van der Waals surface area contributed by atoms with Gasteiger partial charge in [0.05, 0.1) is 11.3 Å². The van der Waals surface area contributed by atoms with Crippen molar-refractivity contribution in [2.24, 2.45) is 0 Å². The molecule has 0 fully saturated rings. The molecule has 0 N–H and O–H groups in total. The Bertz CT molecular complexity index is 1980. The van der Waals surface area contributed by atoms with Gasteiger partial charge in [0.2, 0.25) is 5.71 Å². The first-order valence-corrected chi connectivity index (χ1v) is 13.9. The van der Waals surface area contributed by atoms with Gasteiger partial charge in [0.1, 0.15) is 0 Å². The van der Waals surface area contributed by atoms with Gasteiger partial charge < -0.3 is 14.4 Å². The average Bonchev–Trinajstić information content (AvgIpc) is 3.40. The number of aryl methyl sites for hydroxylation is 2. The fourth-order valence-electron chi connectivity index (χ4n) is 5.12. The number of pyridine rings is 3. The summed E-state index contributed by atoms with van der Waals surface area (Å²) in [5.41, 5.74) is 10.2. The Hall–Kier alpha value is -4.44. The maximum absolute atomic E-state index is 8.35. The van der Waals surface area contributed by atoms with Crippen LogP contribution in [0.5, 0.6) is 0 Å². The Balaban J connectivity index is 0.000000248. The minimum atomic E-state index is -0.707. The van der Waals surface area contributed by atoms with E-state index in [9.17, 15) is 0 Å². The Morgan fingerprint density at radius 3 is 2.23 bits per heavy atom. The van der Waals surface area contributed by atoms with Crippen LogP contribution in [-0.4, -0.2) is 15.0 Å². The predicted molar refractivity (Wildman–Crippen MR) is 171 cm³/mol. The monoisotopic (exact) mass is 739 g/mol. The van der Waals surface area contributed by atoms with Crippen LogP contribution in [-0.2, 0) is 20.1 Å². The quantitative estimate of drug-likeness (QED) is 0.169. The number of furan rings is 1. The van der Waals surface area contributed by atoms with Gasteiger partial charge in [-0.3, -0.25) is 0 Å². The summed E-state index contributed by atoms with van der Waals surface area (Å²) >= 11 is 0. The minimum Gasteiger partial charge on any atom is -0.486 e. The molecule has 3 aromatic carbocycles. The van der Waals surface area contributed by atoms with E-state index < -0.39 is 5.89 Å². The first-order valence-electron chi connectivity index (χ1n) is 14.4. The Labute approximate surface area is 267 Å². The van der Waals surface area contributed by atoms with Gasteiger partial charge in [0, 0.05) is 44.8 Å². The summed E-state index contributed by atoms with van der Waals surface area (Å²) in [6.45, 7) is 7.95. The van der Waals surface area contributed by atoms with Crippen molar-refractivity contribution in [3.63, 3.8) is 0 Å². The third-order valence-electron chi connectivity index (χ3n) is 7.28. The molecule has 215 valence electrons. The van der Waals surface area contributed by atoms with E-state index in [2.05, 4.69) is 66.3 Å². The van der Waals surface area contributed by atoms with E-state index in [-0.39, 0.29) is 20.1 Å². The topological polar surface area (TPSA) is 51.8 Å². The summed E-state index contributed by atoms with van der Waals surface area (Å²) in [6.07, 6.45) is 3.53. The molecule has 0 bridgehead atoms. The summed E-state index contributed by atoms with van der Waals surface area (Å²) in [5, 5.41) is 1.96. The van der Waals surface area contributed by atoms with E-state index in [1.54, 1.807) is 12.4 Å². The van der Waals surface area contributed by atoms with E-state index >= 15 is 0 Å². The van der Waals surface area contributed by atoms with E-state index in [4.69, 9.17) is 10.8 Å². The van der Waals surface area contributed by atoms with Gasteiger partial charge in [-0.2, -0.15) is 0 Å². The zero-order chi connectivity index (χ0) is 30.0. The van der Waals surface area contributed by atoms with Crippen molar-refractivity contribution < 1.29 is 25.9 Å². The fourth-order valence-corrected chi connectivity index (χ4v) is 5.12. The number of fused-ring (bicyclic) bond motifs is 3. The van der Waals surface area contributed by atoms with Crippen molar-refractivity contribution in [1.29, 1.82) is 0 Å². The molecule has 4 heterocycles. The van der Waals surface area contributed by atoms with Gasteiger partial charge in [0.25, 0.3) is 0 Å². The first-order chi connectivity index (χ1) is 20.8. The van der Waals surface area contributed by atoms with Crippen LogP contribution in [0, 0.1) is 26.0 Å². The summed E-state index contributed by atoms with van der Waals surface area (Å²) < 4.78 is 14.6. The van der Waals surface area contributed by atoms with E-state index in [1.807, 2.05) is 80.6 Å². The maximum atomic E-state index is 8.35. The second-order valence-corrected chi connectivity index (χ2v) is 10.4.